The fourth-order valence-electron chi connectivity index (χ4n) is 11.2. The number of hydrogen-bond acceptors (Lipinski definition) is 19. The van der Waals surface area contributed by atoms with E-state index in [-0.39, 0.29) is 34.3 Å². The minimum absolute atomic E-state index is 0.00214. The van der Waals surface area contributed by atoms with Crippen molar-refractivity contribution in [2.24, 2.45) is 16.7 Å². The largest absolute Gasteiger partial charge is 0.509 e. The van der Waals surface area contributed by atoms with E-state index in [4.69, 9.17) is 77.4 Å². The second kappa shape index (κ2) is 23.0. The first-order valence-electron chi connectivity index (χ1n) is 24.7. The van der Waals surface area contributed by atoms with Gasteiger partial charge in [0.2, 0.25) is 9.90 Å². The summed E-state index contributed by atoms with van der Waals surface area (Å²) < 4.78 is 50.9. The molecule has 12 atom stereocenters. The Morgan fingerprint density at radius 1 is 0.769 bits per heavy atom. The smallest absolute Gasteiger partial charge is 0.458 e. The van der Waals surface area contributed by atoms with Crippen LogP contribution in [0.2, 0.25) is 0 Å². The molecule has 3 aromatic carbocycles. The van der Waals surface area contributed by atoms with E-state index in [9.17, 15) is 38.7 Å². The Morgan fingerprint density at radius 3 is 1.90 bits per heavy atom. The molecule has 2 N–H and O–H groups in total. The van der Waals surface area contributed by atoms with Gasteiger partial charge >= 0.3 is 42.0 Å². The summed E-state index contributed by atoms with van der Waals surface area (Å²) in [6, 6.07) is 21.6. The maximum Gasteiger partial charge on any atom is 0.509 e. The number of fused-ring (bicyclic) bond motifs is 5. The molecule has 23 heteroatoms. The van der Waals surface area contributed by atoms with E-state index >= 15 is 9.59 Å². The number of Topliss-reactive ketones (excluding diaryl/α,β-unsaturated/α-hetero) is 1. The van der Waals surface area contributed by atoms with E-state index in [1.165, 1.54) is 83.1 Å². The lowest BCUT2D eigenvalue weighted by molar-refractivity contribution is -0.346. The summed E-state index contributed by atoms with van der Waals surface area (Å²) in [5.74, 6) is -9.87. The first kappa shape index (κ1) is 59.1. The molecule has 2 bridgehead atoms. The lowest BCUT2D eigenvalue weighted by Crippen LogP contribution is -2.82. The zero-order valence-corrected chi connectivity index (χ0v) is 45.9. The quantitative estimate of drug-likeness (QED) is 0.0688. The second-order valence-electron chi connectivity index (χ2n) is 20.3. The van der Waals surface area contributed by atoms with Crippen LogP contribution in [0.15, 0.2) is 102 Å². The van der Waals surface area contributed by atoms with Crippen LogP contribution in [-0.4, -0.2) is 130 Å². The Hall–Kier alpha value is -6.58. The molecular formula is C55H58Cl3NO19. The molecule has 1 amide bonds. The predicted octanol–water partition coefficient (Wildman–Crippen LogP) is 6.77. The van der Waals surface area contributed by atoms with Crippen LogP contribution < -0.4 is 5.32 Å². The Labute approximate surface area is 463 Å². The van der Waals surface area contributed by atoms with Gasteiger partial charge in [0, 0.05) is 44.6 Å². The van der Waals surface area contributed by atoms with E-state index < -0.39 is 154 Å². The highest BCUT2D eigenvalue weighted by molar-refractivity contribution is 6.67. The highest BCUT2D eigenvalue weighted by atomic mass is 35.6. The van der Waals surface area contributed by atoms with Crippen molar-refractivity contribution in [1.29, 1.82) is 0 Å². The molecule has 1 heterocycles. The molecule has 2 unspecified atom stereocenters. The van der Waals surface area contributed by atoms with E-state index in [0.29, 0.717) is 0 Å². The monoisotopic (exact) mass is 1140 g/mol. The molecule has 0 spiro atoms. The van der Waals surface area contributed by atoms with Crippen LogP contribution in [0.4, 0.5) is 4.79 Å². The predicted molar refractivity (Wildman–Crippen MR) is 273 cm³/mol. The van der Waals surface area contributed by atoms with Crippen molar-refractivity contribution in [3.05, 3.63) is 119 Å². The minimum Gasteiger partial charge on any atom is -0.458 e. The Balaban J connectivity index is 1.46. The number of ether oxygens (including phenoxy) is 9. The van der Waals surface area contributed by atoms with Gasteiger partial charge in [-0.1, -0.05) is 115 Å². The molecule has 0 radical (unpaired) electrons. The number of carbonyl (C=O) groups excluding carboxylic acids is 9. The van der Waals surface area contributed by atoms with Crippen LogP contribution in [-0.2, 0) is 71.4 Å². The molecule has 4 aliphatic rings. The first-order chi connectivity index (χ1) is 36.5. The van der Waals surface area contributed by atoms with Gasteiger partial charge in [-0.05, 0) is 61.7 Å². The minimum atomic E-state index is -2.63. The number of aliphatic hydroxyl groups is 1. The molecule has 418 valence electrons. The van der Waals surface area contributed by atoms with Crippen LogP contribution in [0.25, 0.3) is 0 Å². The molecular weight excluding hydrogens is 1080 g/mol. The van der Waals surface area contributed by atoms with Crippen molar-refractivity contribution in [3.63, 3.8) is 0 Å². The van der Waals surface area contributed by atoms with E-state index in [1.54, 1.807) is 42.5 Å². The molecule has 3 aliphatic carbocycles. The molecule has 1 saturated heterocycles. The highest BCUT2D eigenvalue weighted by Gasteiger charge is 2.79. The average Bonchev–Trinajstić information content (AvgIpc) is 2.58. The molecule has 7 rings (SSSR count). The van der Waals surface area contributed by atoms with Crippen molar-refractivity contribution >= 4 is 88.5 Å². The van der Waals surface area contributed by atoms with Crippen molar-refractivity contribution in [2.45, 2.75) is 132 Å². The molecule has 78 heavy (non-hydrogen) atoms. The number of nitrogens with one attached hydrogen (secondary N) is 1. The third-order valence-corrected chi connectivity index (χ3v) is 15.3. The summed E-state index contributed by atoms with van der Waals surface area (Å²) in [6.45, 7) is 8.78. The Morgan fingerprint density at radius 2 is 1.36 bits per heavy atom. The topological polar surface area (TPSA) is 269 Å². The highest BCUT2D eigenvalue weighted by Crippen LogP contribution is 2.65. The number of hydrogen-bond donors (Lipinski definition) is 2. The molecule has 20 nitrogen and oxygen atoms in total. The van der Waals surface area contributed by atoms with Crippen LogP contribution in [0.3, 0.4) is 0 Å². The molecule has 3 fully saturated rings. The van der Waals surface area contributed by atoms with Gasteiger partial charge in [0.15, 0.2) is 23.6 Å². The van der Waals surface area contributed by atoms with E-state index in [1.807, 2.05) is 0 Å². The molecule has 2 saturated carbocycles. The van der Waals surface area contributed by atoms with Crippen molar-refractivity contribution in [2.75, 3.05) is 13.2 Å². The second-order valence-corrected chi connectivity index (χ2v) is 22.8. The third-order valence-electron chi connectivity index (χ3n) is 14.9. The Bertz CT molecular complexity index is 2860. The molecule has 0 aromatic heterocycles. The number of esters is 6. The van der Waals surface area contributed by atoms with Crippen molar-refractivity contribution < 1.29 is 90.9 Å². The SMILES string of the molecule is CC(=O)OC(C)C(=O)O[C@H]1C[C@H]2OC[C@@]2(OC(C)=O)C2[C@H](OC(=O)c3ccccc3)[C@]3(O)C[C@H](OC(=O)[C@H](OC(=O)OCC(Cl)(Cl)Cl)[C@@H](NC(=O)c4ccccc4)c4ccccc4)C(C)=C([C@@H](OC(C)=O)C(=O)[C@@]21C)C3(C)C. The fourth-order valence-corrected chi connectivity index (χ4v) is 11.4. The normalized spacial score (nSPS) is 28.1. The van der Waals surface area contributed by atoms with Gasteiger partial charge in [-0.3, -0.25) is 24.0 Å². The summed E-state index contributed by atoms with van der Waals surface area (Å²) in [5.41, 5.74) is -8.66. The number of ketones is 1. The number of halogens is 3. The zero-order valence-electron chi connectivity index (χ0n) is 43.6. The summed E-state index contributed by atoms with van der Waals surface area (Å²) >= 11 is 17.7. The van der Waals surface area contributed by atoms with E-state index in [0.717, 1.165) is 20.8 Å². The summed E-state index contributed by atoms with van der Waals surface area (Å²) in [7, 11) is 0. The van der Waals surface area contributed by atoms with Gasteiger partial charge in [0.25, 0.3) is 5.91 Å². The molecule has 1 aliphatic heterocycles. The number of carbonyl (C=O) groups is 9. The number of amides is 1. The standard InChI is InChI=1S/C55H58Cl3NO19/c1-28-36(74-49(67)42(76-50(68)71-27-55(56,57)58)40(33-18-12-9-13-19-33)59-46(64)34-20-14-10-15-21-34)25-54(69)45(77-48(66)35-22-16-11-17-23-35)43-52(8,44(63)41(73-31(4)61)39(28)51(54,6)7)37(75-47(65)29(2)72-30(3)60)24-38-53(43,26-70-38)78-32(5)62/h9-23,29,36-38,40-43,45,69H,24-27H2,1-8H3,(H,59,64)/t29?,36-,37-,38+,40-,41+,42+,43?,45-,52+,53-,54+/m0/s1. The van der Waals surface area contributed by atoms with Crippen LogP contribution in [0.1, 0.15) is 101 Å². The van der Waals surface area contributed by atoms with Crippen molar-refractivity contribution in [3.8, 4) is 0 Å². The number of benzene rings is 3. The third kappa shape index (κ3) is 11.7. The van der Waals surface area contributed by atoms with Crippen molar-refractivity contribution in [1.82, 2.24) is 5.32 Å². The number of rotatable bonds is 15. The van der Waals surface area contributed by atoms with Gasteiger partial charge in [-0.25, -0.2) is 19.2 Å². The van der Waals surface area contributed by atoms with Gasteiger partial charge in [0.05, 0.1) is 23.5 Å². The number of alkyl halides is 3. The summed E-state index contributed by atoms with van der Waals surface area (Å²) in [6.07, 6.45) is -15.1. The first-order valence-corrected chi connectivity index (χ1v) is 25.8. The van der Waals surface area contributed by atoms with Gasteiger partial charge in [-0.15, -0.1) is 0 Å². The van der Waals surface area contributed by atoms with Crippen LogP contribution in [0, 0.1) is 16.7 Å². The Kier molecular flexibility index (Phi) is 17.4. The van der Waals surface area contributed by atoms with Gasteiger partial charge in [0.1, 0.15) is 42.7 Å². The lowest BCUT2D eigenvalue weighted by Gasteiger charge is -2.67. The fraction of sp³-hybridized carbons (Fsp3) is 0.473. The average molecular weight is 1140 g/mol. The maximum absolute atomic E-state index is 16.3. The van der Waals surface area contributed by atoms with E-state index in [2.05, 4.69) is 5.32 Å². The van der Waals surface area contributed by atoms with Gasteiger partial charge in [-0.2, -0.15) is 0 Å². The summed E-state index contributed by atoms with van der Waals surface area (Å²) in [4.78, 5) is 127. The maximum atomic E-state index is 16.3. The summed E-state index contributed by atoms with van der Waals surface area (Å²) in [5, 5.41) is 16.9. The van der Waals surface area contributed by atoms with Crippen LogP contribution >= 0.6 is 34.8 Å². The van der Waals surface area contributed by atoms with Crippen LogP contribution in [0.5, 0.6) is 0 Å². The zero-order chi connectivity index (χ0) is 57.3. The lowest BCUT2D eigenvalue weighted by atomic mass is 9.44. The molecule has 3 aromatic rings. The van der Waals surface area contributed by atoms with Gasteiger partial charge < -0.3 is 53.1 Å².